The number of likely N-dealkylation sites (tertiary alicyclic amines) is 1. The highest BCUT2D eigenvalue weighted by Gasteiger charge is 2.28. The molecule has 0 aromatic carbocycles. The molecule has 1 amide bonds. The lowest BCUT2D eigenvalue weighted by Crippen LogP contribution is -2.44. The summed E-state index contributed by atoms with van der Waals surface area (Å²) in [6.07, 6.45) is 2.64. The van der Waals surface area contributed by atoms with Crippen LogP contribution in [0.25, 0.3) is 0 Å². The SMILES string of the molecule is CS(=O)(=O)NCC(=O)N1CCCC1BO. The van der Waals surface area contributed by atoms with E-state index in [0.717, 1.165) is 19.1 Å². The number of hydrogen-bond donors (Lipinski definition) is 2. The van der Waals surface area contributed by atoms with Crippen LogP contribution in [-0.2, 0) is 14.8 Å². The smallest absolute Gasteiger partial charge is 0.293 e. The van der Waals surface area contributed by atoms with Crippen molar-refractivity contribution >= 4 is 23.4 Å². The summed E-state index contributed by atoms with van der Waals surface area (Å²) in [6.45, 7) is 0.366. The van der Waals surface area contributed by atoms with Crippen molar-refractivity contribution in [3.63, 3.8) is 0 Å². The van der Waals surface area contributed by atoms with Crippen molar-refractivity contribution in [1.82, 2.24) is 9.62 Å². The fraction of sp³-hybridized carbons (Fsp3) is 0.857. The van der Waals surface area contributed by atoms with E-state index in [1.54, 1.807) is 0 Å². The van der Waals surface area contributed by atoms with E-state index in [2.05, 4.69) is 4.72 Å². The van der Waals surface area contributed by atoms with Gasteiger partial charge >= 0.3 is 0 Å². The summed E-state index contributed by atoms with van der Waals surface area (Å²) < 4.78 is 23.7. The van der Waals surface area contributed by atoms with Gasteiger partial charge in [-0.15, -0.1) is 0 Å². The van der Waals surface area contributed by atoms with Crippen LogP contribution in [0.2, 0.25) is 0 Å². The first-order valence-corrected chi connectivity index (χ1v) is 6.68. The lowest BCUT2D eigenvalue weighted by molar-refractivity contribution is -0.129. The minimum atomic E-state index is -3.33. The monoisotopic (exact) mass is 234 g/mol. The van der Waals surface area contributed by atoms with E-state index < -0.39 is 10.0 Å². The number of carbonyl (C=O) groups excluding carboxylic acids is 1. The van der Waals surface area contributed by atoms with Crippen molar-refractivity contribution in [2.45, 2.75) is 18.8 Å². The molecule has 1 aliphatic heterocycles. The fourth-order valence-corrected chi connectivity index (χ4v) is 2.03. The van der Waals surface area contributed by atoms with Crippen molar-refractivity contribution in [3.05, 3.63) is 0 Å². The van der Waals surface area contributed by atoms with Gasteiger partial charge in [0.25, 0.3) is 7.48 Å². The molecule has 86 valence electrons. The Morgan fingerprint density at radius 1 is 1.67 bits per heavy atom. The molecule has 1 rings (SSSR count). The minimum Gasteiger partial charge on any atom is -0.452 e. The number of sulfonamides is 1. The molecule has 0 spiro atoms. The van der Waals surface area contributed by atoms with Crippen LogP contribution in [0.15, 0.2) is 0 Å². The third-order valence-electron chi connectivity index (χ3n) is 2.39. The van der Waals surface area contributed by atoms with Crippen LogP contribution in [0.1, 0.15) is 12.8 Å². The summed E-state index contributed by atoms with van der Waals surface area (Å²) in [6, 6.07) is 0. The number of amides is 1. The quantitative estimate of drug-likeness (QED) is 0.542. The summed E-state index contributed by atoms with van der Waals surface area (Å²) >= 11 is 0. The number of rotatable bonds is 4. The van der Waals surface area contributed by atoms with Crippen LogP contribution in [-0.4, -0.2) is 57.0 Å². The first-order valence-electron chi connectivity index (χ1n) is 4.79. The predicted octanol–water partition coefficient (Wildman–Crippen LogP) is -2.17. The zero-order valence-electron chi connectivity index (χ0n) is 8.64. The number of hydrogen-bond acceptors (Lipinski definition) is 4. The first-order chi connectivity index (χ1) is 6.94. The largest absolute Gasteiger partial charge is 0.452 e. The molecule has 1 unspecified atom stereocenters. The zero-order valence-corrected chi connectivity index (χ0v) is 9.46. The first kappa shape index (κ1) is 12.5. The van der Waals surface area contributed by atoms with E-state index in [1.165, 1.54) is 4.90 Å². The molecule has 1 atom stereocenters. The van der Waals surface area contributed by atoms with Crippen molar-refractivity contribution in [1.29, 1.82) is 0 Å². The maximum absolute atomic E-state index is 11.5. The maximum atomic E-state index is 11.5. The van der Waals surface area contributed by atoms with Gasteiger partial charge in [-0.05, 0) is 12.8 Å². The van der Waals surface area contributed by atoms with Crippen molar-refractivity contribution < 1.29 is 18.2 Å². The second-order valence-corrected chi connectivity index (χ2v) is 5.49. The maximum Gasteiger partial charge on any atom is 0.293 e. The van der Waals surface area contributed by atoms with Gasteiger partial charge in [-0.1, -0.05) is 0 Å². The average Bonchev–Trinajstić information content (AvgIpc) is 2.60. The van der Waals surface area contributed by atoms with Crippen LogP contribution >= 0.6 is 0 Å². The molecule has 0 aliphatic carbocycles. The molecule has 0 aromatic rings. The van der Waals surface area contributed by atoms with E-state index in [4.69, 9.17) is 5.02 Å². The normalized spacial score (nSPS) is 21.7. The highest BCUT2D eigenvalue weighted by molar-refractivity contribution is 7.88. The highest BCUT2D eigenvalue weighted by Crippen LogP contribution is 2.15. The van der Waals surface area contributed by atoms with Crippen LogP contribution in [0.5, 0.6) is 0 Å². The van der Waals surface area contributed by atoms with Gasteiger partial charge in [0.2, 0.25) is 15.9 Å². The van der Waals surface area contributed by atoms with E-state index in [0.29, 0.717) is 6.54 Å². The Bertz CT molecular complexity index is 332. The Hall–Kier alpha value is -0.595. The van der Waals surface area contributed by atoms with E-state index >= 15 is 0 Å². The number of nitrogens with zero attached hydrogens (tertiary/aromatic N) is 1. The molecule has 15 heavy (non-hydrogen) atoms. The summed E-state index contributed by atoms with van der Waals surface area (Å²) in [5, 5.41) is 8.98. The zero-order chi connectivity index (χ0) is 11.5. The molecule has 8 heteroatoms. The molecule has 1 aliphatic rings. The lowest BCUT2D eigenvalue weighted by Gasteiger charge is -2.22. The van der Waals surface area contributed by atoms with Crippen molar-refractivity contribution in [2.75, 3.05) is 19.3 Å². The number of carbonyl (C=O) groups is 1. The molecule has 2 N–H and O–H groups in total. The Kier molecular flexibility index (Phi) is 4.12. The second kappa shape index (κ2) is 4.95. The Morgan fingerprint density at radius 2 is 2.33 bits per heavy atom. The molecule has 6 nitrogen and oxygen atoms in total. The molecule has 0 saturated carbocycles. The van der Waals surface area contributed by atoms with Gasteiger partial charge in [-0.2, -0.15) is 0 Å². The molecule has 0 aromatic heterocycles. The molecule has 1 fully saturated rings. The van der Waals surface area contributed by atoms with Gasteiger partial charge in [0, 0.05) is 12.5 Å². The summed E-state index contributed by atoms with van der Waals surface area (Å²) in [7, 11) is -3.40. The van der Waals surface area contributed by atoms with Crippen LogP contribution in [0.4, 0.5) is 0 Å². The van der Waals surface area contributed by atoms with Crippen molar-refractivity contribution in [2.24, 2.45) is 0 Å². The van der Waals surface area contributed by atoms with Crippen LogP contribution in [0.3, 0.4) is 0 Å². The van der Waals surface area contributed by atoms with E-state index in [9.17, 15) is 13.2 Å². The molecule has 1 heterocycles. The third kappa shape index (κ3) is 3.81. The topological polar surface area (TPSA) is 86.7 Å². The summed E-state index contributed by atoms with van der Waals surface area (Å²) in [5.41, 5.74) is 0. The van der Waals surface area contributed by atoms with Gasteiger partial charge in [0.1, 0.15) is 0 Å². The van der Waals surface area contributed by atoms with E-state index in [1.807, 2.05) is 0 Å². The Labute approximate surface area is 90.0 Å². The standard InChI is InChI=1S/C7H15BN2O4S/c1-15(13,14)9-5-7(11)10-4-2-3-6(10)8-12/h6,8-9,12H,2-5H2,1H3. The van der Waals surface area contributed by atoms with Crippen LogP contribution < -0.4 is 4.72 Å². The second-order valence-electron chi connectivity index (χ2n) is 3.66. The van der Waals surface area contributed by atoms with Gasteiger partial charge < -0.3 is 9.92 Å². The summed E-state index contributed by atoms with van der Waals surface area (Å²) in [4.78, 5) is 13.1. The fourth-order valence-electron chi connectivity index (χ4n) is 1.65. The average molecular weight is 234 g/mol. The predicted molar refractivity (Wildman–Crippen MR) is 56.9 cm³/mol. The van der Waals surface area contributed by atoms with Gasteiger partial charge in [-0.3, -0.25) is 4.79 Å². The highest BCUT2D eigenvalue weighted by atomic mass is 32.2. The third-order valence-corrected chi connectivity index (χ3v) is 3.06. The minimum absolute atomic E-state index is 0.0649. The molecule has 0 radical (unpaired) electrons. The van der Waals surface area contributed by atoms with Gasteiger partial charge in [0.05, 0.1) is 12.8 Å². The number of nitrogens with one attached hydrogen (secondary N) is 1. The Morgan fingerprint density at radius 3 is 2.87 bits per heavy atom. The molecule has 0 bridgehead atoms. The molecular formula is C7H15BN2O4S. The van der Waals surface area contributed by atoms with E-state index in [-0.39, 0.29) is 25.9 Å². The van der Waals surface area contributed by atoms with Crippen molar-refractivity contribution in [3.8, 4) is 0 Å². The lowest BCUT2D eigenvalue weighted by atomic mass is 9.86. The molecular weight excluding hydrogens is 219 g/mol. The molecule has 1 saturated heterocycles. The van der Waals surface area contributed by atoms with Crippen LogP contribution in [0, 0.1) is 0 Å². The summed E-state index contributed by atoms with van der Waals surface area (Å²) in [5.74, 6) is -0.434. The van der Waals surface area contributed by atoms with Gasteiger partial charge in [0.15, 0.2) is 0 Å². The Balaban J connectivity index is 2.46. The van der Waals surface area contributed by atoms with Gasteiger partial charge in [-0.25, -0.2) is 13.1 Å².